The van der Waals surface area contributed by atoms with Crippen LogP contribution in [-0.4, -0.2) is 52.7 Å². The lowest BCUT2D eigenvalue weighted by atomic mass is 9.82. The van der Waals surface area contributed by atoms with Crippen LogP contribution in [0.25, 0.3) is 0 Å². The number of thiocarbonyl (C=S) groups is 1. The molecule has 1 aliphatic carbocycles. The van der Waals surface area contributed by atoms with Gasteiger partial charge < -0.3 is 10.2 Å². The molecule has 134 valence electrons. The average Bonchev–Trinajstić information content (AvgIpc) is 2.45. The van der Waals surface area contributed by atoms with Crippen LogP contribution < -0.4 is 5.32 Å². The van der Waals surface area contributed by atoms with Gasteiger partial charge in [-0.25, -0.2) is 0 Å². The average molecular weight is 340 g/mol. The largest absolute Gasteiger partial charge is 0.358 e. The molecule has 23 heavy (non-hydrogen) atoms. The Morgan fingerprint density at radius 3 is 2.04 bits per heavy atom. The van der Waals surface area contributed by atoms with E-state index >= 15 is 0 Å². The van der Waals surface area contributed by atoms with Crippen LogP contribution in [0.3, 0.4) is 0 Å². The molecule has 1 N–H and O–H groups in total. The van der Waals surface area contributed by atoms with Crippen LogP contribution in [0.1, 0.15) is 73.1 Å². The molecule has 0 bridgehead atoms. The van der Waals surface area contributed by atoms with Gasteiger partial charge in [-0.1, -0.05) is 40.0 Å². The summed E-state index contributed by atoms with van der Waals surface area (Å²) in [5.41, 5.74) is 0.363. The van der Waals surface area contributed by atoms with E-state index in [1.165, 1.54) is 45.2 Å². The van der Waals surface area contributed by atoms with Crippen LogP contribution in [0.2, 0.25) is 0 Å². The van der Waals surface area contributed by atoms with E-state index in [9.17, 15) is 0 Å². The van der Waals surface area contributed by atoms with Gasteiger partial charge in [-0.3, -0.25) is 4.90 Å². The van der Waals surface area contributed by atoms with E-state index in [-0.39, 0.29) is 5.54 Å². The summed E-state index contributed by atoms with van der Waals surface area (Å²) < 4.78 is 0. The summed E-state index contributed by atoms with van der Waals surface area (Å²) in [5.74, 6) is 0. The van der Waals surface area contributed by atoms with E-state index in [1.54, 1.807) is 0 Å². The van der Waals surface area contributed by atoms with Gasteiger partial charge in [0.1, 0.15) is 0 Å². The topological polar surface area (TPSA) is 18.5 Å². The standard InChI is InChI=1S/C19H37N3S/c1-18(2,3)15-19(4,5)20-17(23)22-13-11-21(12-14-22)16-9-7-6-8-10-16/h16H,6-15H2,1-5H3,(H,20,23). The van der Waals surface area contributed by atoms with Crippen LogP contribution in [0.4, 0.5) is 0 Å². The molecule has 2 rings (SSSR count). The molecule has 2 fully saturated rings. The zero-order chi connectivity index (χ0) is 17.1. The summed E-state index contributed by atoms with van der Waals surface area (Å²) in [5, 5.41) is 4.56. The zero-order valence-corrected chi connectivity index (χ0v) is 16.8. The number of nitrogens with one attached hydrogen (secondary N) is 1. The van der Waals surface area contributed by atoms with Gasteiger partial charge in [-0.05, 0) is 50.7 Å². The minimum atomic E-state index is 0.0514. The van der Waals surface area contributed by atoms with E-state index in [0.717, 1.165) is 30.7 Å². The van der Waals surface area contributed by atoms with Crippen molar-refractivity contribution in [3.8, 4) is 0 Å². The highest BCUT2D eigenvalue weighted by atomic mass is 32.1. The monoisotopic (exact) mass is 339 g/mol. The molecule has 0 unspecified atom stereocenters. The minimum absolute atomic E-state index is 0.0514. The Morgan fingerprint density at radius 1 is 0.957 bits per heavy atom. The highest BCUT2D eigenvalue weighted by Gasteiger charge is 2.29. The van der Waals surface area contributed by atoms with E-state index < -0.39 is 0 Å². The first kappa shape index (κ1) is 19.0. The van der Waals surface area contributed by atoms with Gasteiger partial charge in [-0.15, -0.1) is 0 Å². The number of piperazine rings is 1. The van der Waals surface area contributed by atoms with Gasteiger partial charge >= 0.3 is 0 Å². The molecule has 2 aliphatic rings. The first-order chi connectivity index (χ1) is 10.7. The third-order valence-electron chi connectivity index (χ3n) is 5.11. The summed E-state index contributed by atoms with van der Waals surface area (Å²) in [6.45, 7) is 15.9. The highest BCUT2D eigenvalue weighted by Crippen LogP contribution is 2.27. The van der Waals surface area contributed by atoms with Crippen molar-refractivity contribution in [3.05, 3.63) is 0 Å². The molecule has 1 saturated carbocycles. The van der Waals surface area contributed by atoms with Crippen LogP contribution in [-0.2, 0) is 0 Å². The van der Waals surface area contributed by atoms with Crippen molar-refractivity contribution in [3.63, 3.8) is 0 Å². The first-order valence-electron chi connectivity index (χ1n) is 9.47. The third-order valence-corrected chi connectivity index (χ3v) is 5.47. The molecular formula is C19H37N3S. The van der Waals surface area contributed by atoms with Crippen LogP contribution in [0, 0.1) is 5.41 Å². The van der Waals surface area contributed by atoms with Crippen molar-refractivity contribution in [2.45, 2.75) is 84.7 Å². The van der Waals surface area contributed by atoms with Crippen molar-refractivity contribution in [1.29, 1.82) is 0 Å². The number of rotatable bonds is 3. The lowest BCUT2D eigenvalue weighted by molar-refractivity contribution is 0.105. The number of hydrogen-bond acceptors (Lipinski definition) is 2. The van der Waals surface area contributed by atoms with Gasteiger partial charge in [-0.2, -0.15) is 0 Å². The molecule has 1 saturated heterocycles. The quantitative estimate of drug-likeness (QED) is 0.782. The molecule has 3 nitrogen and oxygen atoms in total. The smallest absolute Gasteiger partial charge is 0.169 e. The minimum Gasteiger partial charge on any atom is -0.358 e. The molecule has 0 atom stereocenters. The van der Waals surface area contributed by atoms with Crippen molar-refractivity contribution >= 4 is 17.3 Å². The second kappa shape index (κ2) is 7.69. The predicted octanol–water partition coefficient (Wildman–Crippen LogP) is 4.03. The molecule has 4 heteroatoms. The van der Waals surface area contributed by atoms with Crippen molar-refractivity contribution in [2.75, 3.05) is 26.2 Å². The van der Waals surface area contributed by atoms with Gasteiger partial charge in [0.25, 0.3) is 0 Å². The van der Waals surface area contributed by atoms with Gasteiger partial charge in [0.2, 0.25) is 0 Å². The van der Waals surface area contributed by atoms with E-state index in [0.29, 0.717) is 5.41 Å². The maximum atomic E-state index is 5.70. The Kier molecular flexibility index (Phi) is 6.35. The van der Waals surface area contributed by atoms with Gasteiger partial charge in [0, 0.05) is 37.8 Å². The number of hydrogen-bond donors (Lipinski definition) is 1. The predicted molar refractivity (Wildman–Crippen MR) is 104 cm³/mol. The zero-order valence-electron chi connectivity index (χ0n) is 16.0. The summed E-state index contributed by atoms with van der Waals surface area (Å²) in [7, 11) is 0. The van der Waals surface area contributed by atoms with Crippen LogP contribution in [0.5, 0.6) is 0 Å². The molecular weight excluding hydrogens is 302 g/mol. The Bertz CT molecular complexity index is 386. The normalized spacial score (nSPS) is 22.2. The Hall–Kier alpha value is -0.350. The van der Waals surface area contributed by atoms with E-state index in [2.05, 4.69) is 49.7 Å². The van der Waals surface area contributed by atoms with E-state index in [1.807, 2.05) is 0 Å². The summed E-state index contributed by atoms with van der Waals surface area (Å²) in [6, 6.07) is 0.838. The van der Waals surface area contributed by atoms with Crippen molar-refractivity contribution < 1.29 is 0 Å². The lowest BCUT2D eigenvalue weighted by Gasteiger charge is -2.43. The Labute approximate surface area is 149 Å². The molecule has 0 radical (unpaired) electrons. The molecule has 0 spiro atoms. The second-order valence-corrected chi connectivity index (χ2v) is 9.75. The second-order valence-electron chi connectivity index (χ2n) is 9.37. The first-order valence-corrected chi connectivity index (χ1v) is 9.88. The summed E-state index contributed by atoms with van der Waals surface area (Å²) in [4.78, 5) is 5.08. The van der Waals surface area contributed by atoms with Crippen molar-refractivity contribution in [1.82, 2.24) is 15.1 Å². The number of nitrogens with zero attached hydrogens (tertiary/aromatic N) is 2. The molecule has 1 heterocycles. The van der Waals surface area contributed by atoms with Gasteiger partial charge in [0.15, 0.2) is 5.11 Å². The maximum absolute atomic E-state index is 5.70. The molecule has 1 aliphatic heterocycles. The SMILES string of the molecule is CC(C)(C)CC(C)(C)NC(=S)N1CCN(C2CCCCC2)CC1. The van der Waals surface area contributed by atoms with Crippen molar-refractivity contribution in [2.24, 2.45) is 5.41 Å². The fourth-order valence-electron chi connectivity index (χ4n) is 4.47. The highest BCUT2D eigenvalue weighted by molar-refractivity contribution is 7.80. The van der Waals surface area contributed by atoms with Gasteiger partial charge in [0.05, 0.1) is 0 Å². The molecule has 0 aromatic carbocycles. The Morgan fingerprint density at radius 2 is 1.52 bits per heavy atom. The van der Waals surface area contributed by atoms with Crippen LogP contribution >= 0.6 is 12.2 Å². The molecule has 0 aromatic rings. The third kappa shape index (κ3) is 6.22. The summed E-state index contributed by atoms with van der Waals surface area (Å²) >= 11 is 5.70. The molecule has 0 amide bonds. The fourth-order valence-corrected chi connectivity index (χ4v) is 4.93. The summed E-state index contributed by atoms with van der Waals surface area (Å²) in [6.07, 6.45) is 8.20. The van der Waals surface area contributed by atoms with E-state index in [4.69, 9.17) is 12.2 Å². The lowest BCUT2D eigenvalue weighted by Crippen LogP contribution is -2.57. The van der Waals surface area contributed by atoms with Crippen LogP contribution in [0.15, 0.2) is 0 Å². The Balaban J connectivity index is 1.79. The fraction of sp³-hybridized carbons (Fsp3) is 0.947. The molecule has 0 aromatic heterocycles. The maximum Gasteiger partial charge on any atom is 0.169 e.